The molecule has 26 heavy (non-hydrogen) atoms. The average Bonchev–Trinajstić information content (AvgIpc) is 2.50. The van der Waals surface area contributed by atoms with Crippen LogP contribution in [0.2, 0.25) is 0 Å². The van der Waals surface area contributed by atoms with Crippen molar-refractivity contribution in [1.29, 1.82) is 0 Å². The third-order valence-corrected chi connectivity index (χ3v) is 4.47. The Labute approximate surface area is 156 Å². The summed E-state index contributed by atoms with van der Waals surface area (Å²) in [7, 11) is 0. The quantitative estimate of drug-likeness (QED) is 0.440. The van der Waals surface area contributed by atoms with Crippen LogP contribution in [0.15, 0.2) is 34.3 Å². The average molecular weight is 364 g/mol. The molecule has 0 aromatic heterocycles. The van der Waals surface area contributed by atoms with Crippen LogP contribution in [0.3, 0.4) is 0 Å². The normalized spacial score (nSPS) is 21.0. The lowest BCUT2D eigenvalue weighted by molar-refractivity contribution is -0.136. The molecule has 5 heteroatoms. The fraction of sp³-hybridized carbons (Fsp3) is 0.619. The molecule has 0 bridgehead atoms. The van der Waals surface area contributed by atoms with E-state index in [0.717, 1.165) is 5.57 Å². The second-order valence-electron chi connectivity index (χ2n) is 8.18. The molecule has 0 fully saturated rings. The second kappa shape index (κ2) is 8.67. The molecule has 146 valence electrons. The Morgan fingerprint density at radius 1 is 1.12 bits per heavy atom. The van der Waals surface area contributed by atoms with Crippen LogP contribution >= 0.6 is 0 Å². The fourth-order valence-corrected chi connectivity index (χ4v) is 2.90. The number of hydrogen-bond donors (Lipinski definition) is 3. The lowest BCUT2D eigenvalue weighted by atomic mass is 9.75. The highest BCUT2D eigenvalue weighted by Crippen LogP contribution is 2.39. The first-order valence-electron chi connectivity index (χ1n) is 9.21. The van der Waals surface area contributed by atoms with Gasteiger partial charge in [-0.2, -0.15) is 0 Å². The zero-order valence-electron chi connectivity index (χ0n) is 16.7. The van der Waals surface area contributed by atoms with E-state index >= 15 is 0 Å². The summed E-state index contributed by atoms with van der Waals surface area (Å²) in [6.07, 6.45) is 2.48. The van der Waals surface area contributed by atoms with E-state index in [1.54, 1.807) is 6.08 Å². The van der Waals surface area contributed by atoms with Gasteiger partial charge in [0.1, 0.15) is 17.1 Å². The van der Waals surface area contributed by atoms with Gasteiger partial charge >= 0.3 is 0 Å². The third kappa shape index (κ3) is 4.85. The highest BCUT2D eigenvalue weighted by Gasteiger charge is 2.49. The number of aliphatic hydroxyl groups is 3. The van der Waals surface area contributed by atoms with Gasteiger partial charge in [-0.05, 0) is 44.9 Å². The topological polar surface area (TPSA) is 94.8 Å². The number of aliphatic hydroxyl groups excluding tert-OH is 2. The van der Waals surface area contributed by atoms with Crippen LogP contribution in [-0.2, 0) is 9.59 Å². The Hall–Kier alpha value is -1.88. The first kappa shape index (κ1) is 22.2. The number of Topliss-reactive ketones (excluding diaryl/α,β-unsaturated/α-hetero) is 2. The lowest BCUT2D eigenvalue weighted by Crippen LogP contribution is -2.47. The summed E-state index contributed by atoms with van der Waals surface area (Å²) in [6.45, 7) is 11.3. The number of hydrogen-bond acceptors (Lipinski definition) is 5. The first-order valence-corrected chi connectivity index (χ1v) is 9.21. The van der Waals surface area contributed by atoms with E-state index in [1.165, 1.54) is 0 Å². The zero-order valence-corrected chi connectivity index (χ0v) is 16.7. The van der Waals surface area contributed by atoms with Gasteiger partial charge in [0.15, 0.2) is 11.4 Å². The summed E-state index contributed by atoms with van der Waals surface area (Å²) >= 11 is 0. The Morgan fingerprint density at radius 3 is 2.15 bits per heavy atom. The van der Waals surface area contributed by atoms with E-state index in [0.29, 0.717) is 6.42 Å². The number of rotatable bonds is 8. The Kier molecular flexibility index (Phi) is 7.39. The predicted molar refractivity (Wildman–Crippen MR) is 102 cm³/mol. The van der Waals surface area contributed by atoms with Gasteiger partial charge in [-0.25, -0.2) is 0 Å². The Balaban J connectivity index is 3.50. The molecule has 0 aliphatic heterocycles. The summed E-state index contributed by atoms with van der Waals surface area (Å²) in [6, 6.07) is 0. The van der Waals surface area contributed by atoms with Crippen LogP contribution in [0.4, 0.5) is 0 Å². The van der Waals surface area contributed by atoms with E-state index in [-0.39, 0.29) is 42.2 Å². The minimum Gasteiger partial charge on any atom is -0.508 e. The van der Waals surface area contributed by atoms with Crippen LogP contribution in [0.1, 0.15) is 67.2 Å². The van der Waals surface area contributed by atoms with Crippen molar-refractivity contribution >= 4 is 11.6 Å². The summed E-state index contributed by atoms with van der Waals surface area (Å²) in [5.41, 5.74) is -1.55. The number of allylic oxidation sites excluding steroid dienone is 3. The minimum absolute atomic E-state index is 0.0000852. The molecule has 5 nitrogen and oxygen atoms in total. The maximum atomic E-state index is 12.9. The maximum absolute atomic E-state index is 12.9. The van der Waals surface area contributed by atoms with E-state index in [2.05, 4.69) is 0 Å². The molecule has 1 aliphatic rings. The van der Waals surface area contributed by atoms with E-state index in [4.69, 9.17) is 0 Å². The van der Waals surface area contributed by atoms with Crippen LogP contribution in [-0.4, -0.2) is 32.5 Å². The van der Waals surface area contributed by atoms with Crippen LogP contribution in [0, 0.1) is 11.8 Å². The minimum atomic E-state index is -2.16. The standard InChI is InChI=1S/C21H32O5/c1-12(2)7-8-15-18(23)17(16(22)11-14(5)6)20(25)21(26,19(15)24)10-9-13(3)4/h7,13-14,23-24,26H,8-11H2,1-6H3/t21-/m1/s1. The fourth-order valence-electron chi connectivity index (χ4n) is 2.90. The molecule has 0 amide bonds. The van der Waals surface area contributed by atoms with Gasteiger partial charge in [0.25, 0.3) is 0 Å². The van der Waals surface area contributed by atoms with Crippen LogP contribution in [0.25, 0.3) is 0 Å². The van der Waals surface area contributed by atoms with Crippen LogP contribution < -0.4 is 0 Å². The van der Waals surface area contributed by atoms with Gasteiger partial charge in [0, 0.05) is 12.0 Å². The summed E-state index contributed by atoms with van der Waals surface area (Å²) in [5.74, 6) is -2.26. The SMILES string of the molecule is CC(C)=CCC1=C(O)[C@](O)(CCC(C)C)C(=O)C(C(=O)CC(C)C)=C1O. The first-order chi connectivity index (χ1) is 11.9. The van der Waals surface area contributed by atoms with Crippen molar-refractivity contribution < 1.29 is 24.9 Å². The van der Waals surface area contributed by atoms with Gasteiger partial charge in [-0.1, -0.05) is 39.3 Å². The zero-order chi connectivity index (χ0) is 20.2. The van der Waals surface area contributed by atoms with Crippen molar-refractivity contribution in [3.8, 4) is 0 Å². The van der Waals surface area contributed by atoms with E-state index in [9.17, 15) is 24.9 Å². The molecule has 1 rings (SSSR count). The lowest BCUT2D eigenvalue weighted by Gasteiger charge is -2.33. The third-order valence-electron chi connectivity index (χ3n) is 4.47. The van der Waals surface area contributed by atoms with Crippen molar-refractivity contribution in [2.24, 2.45) is 11.8 Å². The molecule has 0 aromatic rings. The van der Waals surface area contributed by atoms with Gasteiger partial charge in [-0.15, -0.1) is 0 Å². The summed E-state index contributed by atoms with van der Waals surface area (Å²) in [4.78, 5) is 25.5. The van der Waals surface area contributed by atoms with Gasteiger partial charge in [-0.3, -0.25) is 9.59 Å². The predicted octanol–water partition coefficient (Wildman–Crippen LogP) is 4.33. The van der Waals surface area contributed by atoms with Crippen molar-refractivity contribution in [2.75, 3.05) is 0 Å². The van der Waals surface area contributed by atoms with Crippen molar-refractivity contribution in [2.45, 2.75) is 72.8 Å². The summed E-state index contributed by atoms with van der Waals surface area (Å²) < 4.78 is 0. The molecule has 0 heterocycles. The van der Waals surface area contributed by atoms with E-state index in [1.807, 2.05) is 41.5 Å². The Bertz CT molecular complexity index is 660. The molecule has 0 aromatic carbocycles. The van der Waals surface area contributed by atoms with Gasteiger partial charge < -0.3 is 15.3 Å². The smallest absolute Gasteiger partial charge is 0.209 e. The maximum Gasteiger partial charge on any atom is 0.209 e. The molecule has 1 aliphatic carbocycles. The van der Waals surface area contributed by atoms with Crippen molar-refractivity contribution in [1.82, 2.24) is 0 Å². The highest BCUT2D eigenvalue weighted by molar-refractivity contribution is 6.25. The van der Waals surface area contributed by atoms with Crippen LogP contribution in [0.5, 0.6) is 0 Å². The second-order valence-corrected chi connectivity index (χ2v) is 8.18. The molecule has 1 atom stereocenters. The molecular weight excluding hydrogens is 332 g/mol. The highest BCUT2D eigenvalue weighted by atomic mass is 16.3. The van der Waals surface area contributed by atoms with Gasteiger partial charge in [0.2, 0.25) is 5.78 Å². The molecule has 0 saturated heterocycles. The number of carbonyl (C=O) groups is 2. The molecule has 0 unspecified atom stereocenters. The number of ketones is 2. The largest absolute Gasteiger partial charge is 0.508 e. The van der Waals surface area contributed by atoms with Crippen molar-refractivity contribution in [3.05, 3.63) is 34.3 Å². The number of carbonyl (C=O) groups excluding carboxylic acids is 2. The van der Waals surface area contributed by atoms with Gasteiger partial charge in [0.05, 0.1) is 0 Å². The van der Waals surface area contributed by atoms with E-state index < -0.39 is 28.7 Å². The molecule has 0 spiro atoms. The Morgan fingerprint density at radius 2 is 1.69 bits per heavy atom. The molecule has 3 N–H and O–H groups in total. The molecular formula is C21H32O5. The monoisotopic (exact) mass is 364 g/mol. The summed E-state index contributed by atoms with van der Waals surface area (Å²) in [5, 5.41) is 32.2. The molecule has 0 radical (unpaired) electrons. The molecule has 0 saturated carbocycles. The van der Waals surface area contributed by atoms with Crippen molar-refractivity contribution in [3.63, 3.8) is 0 Å².